The van der Waals surface area contributed by atoms with Crippen LogP contribution >= 0.6 is 0 Å². The van der Waals surface area contributed by atoms with Crippen LogP contribution in [-0.2, 0) is 0 Å². The predicted molar refractivity (Wildman–Crippen MR) is 90.0 cm³/mol. The number of anilines is 2. The standard InChI is InChI=1S/C16H21N7/c1-9(2)20-14-13-10(4-12(7-17)21-14)8-19-15(22-13)23-16(3)5-11(18)6-16/h4,8-9,11H,5-6,18H2,1-3H3,(H,20,21)(H,19,22,23). The topological polar surface area (TPSA) is 113 Å². The van der Waals surface area contributed by atoms with E-state index in [1.165, 1.54) is 0 Å². The highest BCUT2D eigenvalue weighted by molar-refractivity contribution is 5.89. The van der Waals surface area contributed by atoms with Gasteiger partial charge in [0, 0.05) is 29.2 Å². The monoisotopic (exact) mass is 311 g/mol. The maximum Gasteiger partial charge on any atom is 0.223 e. The van der Waals surface area contributed by atoms with Gasteiger partial charge >= 0.3 is 0 Å². The maximum atomic E-state index is 9.12. The van der Waals surface area contributed by atoms with Gasteiger partial charge in [-0.25, -0.2) is 15.0 Å². The van der Waals surface area contributed by atoms with Gasteiger partial charge in [-0.1, -0.05) is 0 Å². The third kappa shape index (κ3) is 3.17. The molecule has 3 rings (SSSR count). The van der Waals surface area contributed by atoms with Crippen LogP contribution in [-0.4, -0.2) is 32.6 Å². The number of hydrogen-bond donors (Lipinski definition) is 3. The minimum Gasteiger partial charge on any atom is -0.366 e. The van der Waals surface area contributed by atoms with E-state index in [0.717, 1.165) is 18.2 Å². The molecule has 0 unspecified atom stereocenters. The van der Waals surface area contributed by atoms with E-state index in [1.807, 2.05) is 13.8 Å². The largest absolute Gasteiger partial charge is 0.366 e. The highest BCUT2D eigenvalue weighted by Crippen LogP contribution is 2.33. The molecule has 2 heterocycles. The van der Waals surface area contributed by atoms with E-state index in [4.69, 9.17) is 11.0 Å². The number of aromatic nitrogens is 3. The fourth-order valence-corrected chi connectivity index (χ4v) is 3.00. The first-order chi connectivity index (χ1) is 10.9. The molecule has 0 saturated heterocycles. The summed E-state index contributed by atoms with van der Waals surface area (Å²) in [5, 5.41) is 16.5. The lowest BCUT2D eigenvalue weighted by Gasteiger charge is -2.43. The van der Waals surface area contributed by atoms with Crippen LogP contribution in [0.2, 0.25) is 0 Å². The highest BCUT2D eigenvalue weighted by Gasteiger charge is 2.38. The molecule has 7 heteroatoms. The minimum atomic E-state index is -0.0568. The van der Waals surface area contributed by atoms with Gasteiger partial charge in [-0.3, -0.25) is 0 Å². The van der Waals surface area contributed by atoms with Crippen molar-refractivity contribution in [2.24, 2.45) is 5.73 Å². The van der Waals surface area contributed by atoms with Crippen LogP contribution in [0.3, 0.4) is 0 Å². The number of fused-ring (bicyclic) bond motifs is 1. The summed E-state index contributed by atoms with van der Waals surface area (Å²) in [6, 6.07) is 4.20. The van der Waals surface area contributed by atoms with Crippen molar-refractivity contribution in [3.8, 4) is 6.07 Å². The zero-order chi connectivity index (χ0) is 16.6. The van der Waals surface area contributed by atoms with Gasteiger partial charge in [-0.15, -0.1) is 0 Å². The Bertz CT molecular complexity index is 772. The summed E-state index contributed by atoms with van der Waals surface area (Å²) in [4.78, 5) is 13.3. The first-order valence-corrected chi connectivity index (χ1v) is 7.77. The first kappa shape index (κ1) is 15.4. The molecule has 2 aromatic heterocycles. The fourth-order valence-electron chi connectivity index (χ4n) is 3.00. The molecule has 0 spiro atoms. The Labute approximate surface area is 135 Å². The molecule has 0 aliphatic heterocycles. The molecule has 0 radical (unpaired) electrons. The second-order valence-electron chi connectivity index (χ2n) is 6.75. The summed E-state index contributed by atoms with van der Waals surface area (Å²) in [5.41, 5.74) is 6.88. The van der Waals surface area contributed by atoms with Crippen LogP contribution in [0.5, 0.6) is 0 Å². The lowest BCUT2D eigenvalue weighted by Crippen LogP contribution is -2.54. The van der Waals surface area contributed by atoms with Crippen LogP contribution in [0.4, 0.5) is 11.8 Å². The van der Waals surface area contributed by atoms with Gasteiger partial charge in [-0.2, -0.15) is 5.26 Å². The normalized spacial score (nSPS) is 23.4. The van der Waals surface area contributed by atoms with Crippen molar-refractivity contribution in [2.75, 3.05) is 10.6 Å². The molecular formula is C16H21N7. The Morgan fingerprint density at radius 1 is 1.39 bits per heavy atom. The molecular weight excluding hydrogens is 290 g/mol. The van der Waals surface area contributed by atoms with Crippen LogP contribution in [0.1, 0.15) is 39.3 Å². The van der Waals surface area contributed by atoms with E-state index in [1.54, 1.807) is 12.3 Å². The quantitative estimate of drug-likeness (QED) is 0.791. The summed E-state index contributed by atoms with van der Waals surface area (Å²) >= 11 is 0. The second kappa shape index (κ2) is 5.63. The Hall–Kier alpha value is -2.46. The minimum absolute atomic E-state index is 0.0568. The van der Waals surface area contributed by atoms with Gasteiger partial charge in [0.1, 0.15) is 17.3 Å². The van der Waals surface area contributed by atoms with Gasteiger partial charge < -0.3 is 16.4 Å². The maximum absolute atomic E-state index is 9.12. The number of nitrogens with two attached hydrogens (primary N) is 1. The van der Waals surface area contributed by atoms with E-state index in [2.05, 4.69) is 38.6 Å². The van der Waals surface area contributed by atoms with Crippen molar-refractivity contribution in [3.63, 3.8) is 0 Å². The molecule has 2 aromatic rings. The summed E-state index contributed by atoms with van der Waals surface area (Å²) in [7, 11) is 0. The van der Waals surface area contributed by atoms with Crippen molar-refractivity contribution in [2.45, 2.75) is 51.2 Å². The predicted octanol–water partition coefficient (Wildman–Crippen LogP) is 2.01. The van der Waals surface area contributed by atoms with Gasteiger partial charge in [-0.05, 0) is 39.7 Å². The van der Waals surface area contributed by atoms with Crippen molar-refractivity contribution >= 4 is 22.7 Å². The lowest BCUT2D eigenvalue weighted by molar-refractivity contribution is 0.257. The van der Waals surface area contributed by atoms with Gasteiger partial charge in [0.2, 0.25) is 5.95 Å². The number of pyridine rings is 1. The number of nitrogens with zero attached hydrogens (tertiary/aromatic N) is 4. The van der Waals surface area contributed by atoms with E-state index in [0.29, 0.717) is 23.0 Å². The van der Waals surface area contributed by atoms with Crippen molar-refractivity contribution in [1.29, 1.82) is 5.26 Å². The molecule has 1 aliphatic rings. The smallest absolute Gasteiger partial charge is 0.223 e. The van der Waals surface area contributed by atoms with Crippen molar-refractivity contribution < 1.29 is 0 Å². The van der Waals surface area contributed by atoms with E-state index < -0.39 is 0 Å². The molecule has 0 aromatic carbocycles. The summed E-state index contributed by atoms with van der Waals surface area (Å²) in [6.07, 6.45) is 3.52. The molecule has 4 N–H and O–H groups in total. The molecule has 0 atom stereocenters. The molecule has 1 aliphatic carbocycles. The molecule has 120 valence electrons. The lowest BCUT2D eigenvalue weighted by atomic mass is 9.75. The summed E-state index contributed by atoms with van der Waals surface area (Å²) in [5.74, 6) is 1.17. The second-order valence-corrected chi connectivity index (χ2v) is 6.75. The summed E-state index contributed by atoms with van der Waals surface area (Å²) in [6.45, 7) is 6.15. The molecule has 0 amide bonds. The first-order valence-electron chi connectivity index (χ1n) is 7.77. The molecule has 0 bridgehead atoms. The molecule has 7 nitrogen and oxygen atoms in total. The van der Waals surface area contributed by atoms with Gasteiger partial charge in [0.15, 0.2) is 5.82 Å². The average molecular weight is 311 g/mol. The Morgan fingerprint density at radius 3 is 2.74 bits per heavy atom. The van der Waals surface area contributed by atoms with Gasteiger partial charge in [0.25, 0.3) is 0 Å². The van der Waals surface area contributed by atoms with Crippen molar-refractivity contribution in [1.82, 2.24) is 15.0 Å². The van der Waals surface area contributed by atoms with Crippen molar-refractivity contribution in [3.05, 3.63) is 18.0 Å². The summed E-state index contributed by atoms with van der Waals surface area (Å²) < 4.78 is 0. The molecule has 23 heavy (non-hydrogen) atoms. The van der Waals surface area contributed by atoms with E-state index in [9.17, 15) is 0 Å². The van der Waals surface area contributed by atoms with Gasteiger partial charge in [0.05, 0.1) is 0 Å². The zero-order valence-electron chi connectivity index (χ0n) is 13.6. The van der Waals surface area contributed by atoms with Crippen LogP contribution < -0.4 is 16.4 Å². The third-order valence-electron chi connectivity index (χ3n) is 3.94. The Kier molecular flexibility index (Phi) is 3.78. The Morgan fingerprint density at radius 2 is 2.13 bits per heavy atom. The Balaban J connectivity index is 1.99. The van der Waals surface area contributed by atoms with Crippen LogP contribution in [0.15, 0.2) is 12.3 Å². The van der Waals surface area contributed by atoms with Crippen LogP contribution in [0, 0.1) is 11.3 Å². The number of rotatable bonds is 4. The van der Waals surface area contributed by atoms with E-state index in [-0.39, 0.29) is 17.6 Å². The average Bonchev–Trinajstić information content (AvgIpc) is 2.45. The fraction of sp³-hybridized carbons (Fsp3) is 0.500. The molecule has 1 fully saturated rings. The number of hydrogen-bond acceptors (Lipinski definition) is 7. The highest BCUT2D eigenvalue weighted by atomic mass is 15.2. The van der Waals surface area contributed by atoms with Crippen LogP contribution in [0.25, 0.3) is 10.9 Å². The number of nitriles is 1. The molecule has 1 saturated carbocycles. The third-order valence-corrected chi connectivity index (χ3v) is 3.94. The zero-order valence-corrected chi connectivity index (χ0v) is 13.6. The van der Waals surface area contributed by atoms with E-state index >= 15 is 0 Å². The number of nitrogens with one attached hydrogen (secondary N) is 2. The SMILES string of the molecule is CC(C)Nc1nc(C#N)cc2cnc(NC3(C)CC(N)C3)nc12.